The molecule has 0 N–H and O–H groups in total. The lowest BCUT2D eigenvalue weighted by Crippen LogP contribution is -2.04. The van der Waals surface area contributed by atoms with E-state index in [1.54, 1.807) is 6.08 Å². The highest BCUT2D eigenvalue weighted by Gasteiger charge is 2.15. The van der Waals surface area contributed by atoms with Crippen molar-refractivity contribution in [1.82, 2.24) is 0 Å². The third-order valence-corrected chi connectivity index (χ3v) is 5.04. The highest BCUT2D eigenvalue weighted by molar-refractivity contribution is 9.10. The van der Waals surface area contributed by atoms with Crippen LogP contribution in [-0.4, -0.2) is 5.78 Å². The second-order valence-electron chi connectivity index (χ2n) is 6.21. The van der Waals surface area contributed by atoms with E-state index in [9.17, 15) is 4.79 Å². The summed E-state index contributed by atoms with van der Waals surface area (Å²) in [7, 11) is 0. The van der Waals surface area contributed by atoms with Gasteiger partial charge in [-0.2, -0.15) is 0 Å². The van der Waals surface area contributed by atoms with Gasteiger partial charge in [-0.3, -0.25) is 4.79 Å². The molecule has 0 radical (unpaired) electrons. The number of hydrogen-bond donors (Lipinski definition) is 0. The second kappa shape index (κ2) is 7.74. The minimum absolute atomic E-state index is 0.0557. The van der Waals surface area contributed by atoms with Crippen molar-refractivity contribution >= 4 is 27.8 Å². The molecule has 0 bridgehead atoms. The van der Waals surface area contributed by atoms with Gasteiger partial charge in [0.1, 0.15) is 0 Å². The molecule has 1 saturated carbocycles. The van der Waals surface area contributed by atoms with Gasteiger partial charge in [0.05, 0.1) is 0 Å². The lowest BCUT2D eigenvalue weighted by molar-refractivity contribution is 0.104. The smallest absolute Gasteiger partial charge is 0.185 e. The first-order valence-corrected chi connectivity index (χ1v) is 9.09. The molecule has 0 atom stereocenters. The van der Waals surface area contributed by atoms with E-state index in [1.165, 1.54) is 37.7 Å². The average molecular weight is 369 g/mol. The molecule has 0 heterocycles. The monoisotopic (exact) mass is 368 g/mol. The number of allylic oxidation sites excluding steroid dienone is 1. The highest BCUT2D eigenvalue weighted by Crippen LogP contribution is 2.32. The zero-order valence-corrected chi connectivity index (χ0v) is 14.8. The van der Waals surface area contributed by atoms with E-state index in [2.05, 4.69) is 28.1 Å². The van der Waals surface area contributed by atoms with Gasteiger partial charge in [-0.05, 0) is 48.1 Å². The summed E-state index contributed by atoms with van der Waals surface area (Å²) in [5, 5.41) is 0. The van der Waals surface area contributed by atoms with Gasteiger partial charge in [0, 0.05) is 10.0 Å². The average Bonchev–Trinajstić information content (AvgIpc) is 2.61. The quantitative estimate of drug-likeness (QED) is 0.451. The molecular formula is C21H21BrO. The Labute approximate surface area is 146 Å². The zero-order chi connectivity index (χ0) is 16.1. The Hall–Kier alpha value is -1.67. The van der Waals surface area contributed by atoms with E-state index in [0.717, 1.165) is 15.6 Å². The van der Waals surface area contributed by atoms with Crippen LogP contribution in [0.5, 0.6) is 0 Å². The van der Waals surface area contributed by atoms with Gasteiger partial charge in [-0.15, -0.1) is 0 Å². The first-order valence-electron chi connectivity index (χ1n) is 8.30. The molecule has 2 heteroatoms. The number of rotatable bonds is 4. The zero-order valence-electron chi connectivity index (χ0n) is 13.2. The Balaban J connectivity index is 1.67. The summed E-state index contributed by atoms with van der Waals surface area (Å²) in [6.07, 6.45) is 10.1. The molecule has 2 aromatic carbocycles. The summed E-state index contributed by atoms with van der Waals surface area (Å²) in [5.74, 6) is 0.741. The molecule has 3 rings (SSSR count). The predicted octanol–water partition coefficient (Wildman–Crippen LogP) is 6.39. The number of carbonyl (C=O) groups excluding carboxylic acids is 1. The maximum Gasteiger partial charge on any atom is 0.185 e. The summed E-state index contributed by atoms with van der Waals surface area (Å²) in [6.45, 7) is 0. The fourth-order valence-electron chi connectivity index (χ4n) is 3.23. The number of halogens is 1. The van der Waals surface area contributed by atoms with Gasteiger partial charge >= 0.3 is 0 Å². The van der Waals surface area contributed by atoms with E-state index in [4.69, 9.17) is 0 Å². The number of carbonyl (C=O) groups is 1. The maximum atomic E-state index is 12.3. The molecule has 0 aliphatic heterocycles. The van der Waals surface area contributed by atoms with E-state index >= 15 is 0 Å². The van der Waals surface area contributed by atoms with Crippen molar-refractivity contribution < 1.29 is 4.79 Å². The molecule has 1 nitrogen and oxygen atoms in total. The van der Waals surface area contributed by atoms with E-state index in [-0.39, 0.29) is 5.78 Å². The summed E-state index contributed by atoms with van der Waals surface area (Å²) >= 11 is 3.44. The maximum absolute atomic E-state index is 12.3. The summed E-state index contributed by atoms with van der Waals surface area (Å²) in [5.41, 5.74) is 3.17. The minimum Gasteiger partial charge on any atom is -0.289 e. The van der Waals surface area contributed by atoms with Gasteiger partial charge in [-0.1, -0.05) is 77.7 Å². The minimum atomic E-state index is 0.0557. The van der Waals surface area contributed by atoms with Crippen molar-refractivity contribution in [2.75, 3.05) is 0 Å². The van der Waals surface area contributed by atoms with Crippen LogP contribution in [0.15, 0.2) is 59.1 Å². The molecule has 1 aliphatic carbocycles. The van der Waals surface area contributed by atoms with E-state index in [1.807, 2.05) is 42.5 Å². The summed E-state index contributed by atoms with van der Waals surface area (Å²) < 4.78 is 1.02. The predicted molar refractivity (Wildman–Crippen MR) is 99.8 cm³/mol. The molecule has 0 amide bonds. The molecule has 2 aromatic rings. The normalized spacial score (nSPS) is 15.9. The lowest BCUT2D eigenvalue weighted by Gasteiger charge is -2.21. The topological polar surface area (TPSA) is 17.1 Å². The largest absolute Gasteiger partial charge is 0.289 e. The Morgan fingerprint density at radius 2 is 1.74 bits per heavy atom. The molecule has 0 aromatic heterocycles. The standard InChI is InChI=1S/C21H21BrO/c22-20-8-4-5-16(15-20)9-14-21(23)19-12-10-18(11-13-19)17-6-2-1-3-7-17/h4-5,8-15,17H,1-3,6-7H2. The van der Waals surface area contributed by atoms with Crippen LogP contribution in [0.2, 0.25) is 0 Å². The second-order valence-corrected chi connectivity index (χ2v) is 7.13. The van der Waals surface area contributed by atoms with Gasteiger partial charge in [0.25, 0.3) is 0 Å². The van der Waals surface area contributed by atoms with Crippen molar-refractivity contribution in [3.63, 3.8) is 0 Å². The third-order valence-electron chi connectivity index (χ3n) is 4.55. The van der Waals surface area contributed by atoms with Crippen LogP contribution in [0.4, 0.5) is 0 Å². The SMILES string of the molecule is O=C(C=Cc1cccc(Br)c1)c1ccc(C2CCCCC2)cc1. The lowest BCUT2D eigenvalue weighted by atomic mass is 9.84. The molecule has 1 fully saturated rings. The van der Waals surface area contributed by atoms with E-state index < -0.39 is 0 Å². The van der Waals surface area contributed by atoms with Crippen molar-refractivity contribution in [1.29, 1.82) is 0 Å². The van der Waals surface area contributed by atoms with Crippen LogP contribution in [0.3, 0.4) is 0 Å². The Morgan fingerprint density at radius 3 is 2.43 bits per heavy atom. The third kappa shape index (κ3) is 4.42. The molecule has 118 valence electrons. The van der Waals surface area contributed by atoms with Crippen LogP contribution in [-0.2, 0) is 0 Å². The van der Waals surface area contributed by atoms with Crippen LogP contribution < -0.4 is 0 Å². The van der Waals surface area contributed by atoms with Gasteiger partial charge in [0.15, 0.2) is 5.78 Å². The summed E-state index contributed by atoms with van der Waals surface area (Å²) in [4.78, 5) is 12.3. The molecular weight excluding hydrogens is 348 g/mol. The number of benzene rings is 2. The fraction of sp³-hybridized carbons (Fsp3) is 0.286. The molecule has 23 heavy (non-hydrogen) atoms. The van der Waals surface area contributed by atoms with Crippen molar-refractivity contribution in [3.05, 3.63) is 75.8 Å². The molecule has 1 aliphatic rings. The van der Waals surface area contributed by atoms with Crippen LogP contribution in [0, 0.1) is 0 Å². The van der Waals surface area contributed by atoms with Crippen LogP contribution in [0.25, 0.3) is 6.08 Å². The van der Waals surface area contributed by atoms with Crippen molar-refractivity contribution in [2.45, 2.75) is 38.0 Å². The Morgan fingerprint density at radius 1 is 1.00 bits per heavy atom. The van der Waals surface area contributed by atoms with Gasteiger partial charge in [-0.25, -0.2) is 0 Å². The molecule has 0 saturated heterocycles. The van der Waals surface area contributed by atoms with Crippen LogP contribution >= 0.6 is 15.9 Å². The van der Waals surface area contributed by atoms with E-state index in [0.29, 0.717) is 5.92 Å². The Bertz CT molecular complexity index is 694. The number of hydrogen-bond acceptors (Lipinski definition) is 1. The highest BCUT2D eigenvalue weighted by atomic mass is 79.9. The summed E-state index contributed by atoms with van der Waals surface area (Å²) in [6, 6.07) is 16.1. The first kappa shape index (κ1) is 16.2. The van der Waals surface area contributed by atoms with Crippen molar-refractivity contribution in [3.8, 4) is 0 Å². The van der Waals surface area contributed by atoms with Gasteiger partial charge < -0.3 is 0 Å². The Kier molecular flexibility index (Phi) is 5.45. The molecule has 0 unspecified atom stereocenters. The fourth-order valence-corrected chi connectivity index (χ4v) is 3.65. The first-order chi connectivity index (χ1) is 11.2. The van der Waals surface area contributed by atoms with Crippen LogP contribution in [0.1, 0.15) is 59.5 Å². The number of ketones is 1. The van der Waals surface area contributed by atoms with Crippen molar-refractivity contribution in [2.24, 2.45) is 0 Å². The molecule has 0 spiro atoms. The van der Waals surface area contributed by atoms with Gasteiger partial charge in [0.2, 0.25) is 0 Å².